The van der Waals surface area contributed by atoms with E-state index in [1.165, 1.54) is 23.5 Å². The number of nitrogens with zero attached hydrogens (tertiary/aromatic N) is 4. The highest BCUT2D eigenvalue weighted by molar-refractivity contribution is 7.10. The number of benzene rings is 1. The van der Waals surface area contributed by atoms with Crippen LogP contribution in [0.15, 0.2) is 35.7 Å². The first kappa shape index (κ1) is 24.2. The first-order valence-electron chi connectivity index (χ1n) is 11.2. The second-order valence-electron chi connectivity index (χ2n) is 8.60. The molecule has 0 spiro atoms. The summed E-state index contributed by atoms with van der Waals surface area (Å²) in [6, 6.07) is 12.8. The van der Waals surface area contributed by atoms with E-state index < -0.39 is 5.41 Å². The highest BCUT2D eigenvalue weighted by Crippen LogP contribution is 2.41. The Bertz CT molecular complexity index is 938. The number of ether oxygens (including phenoxy) is 1. The standard InChI is InChI=1S/C25H31FN4OS/c1-20(2)25(19-28,24-21(18-27)8-17-32-24)9-3-10-29-11-13-30(14-12-29)15-16-31-23-6-4-22(26)5-7-23/h4-8,17,20H,3,9-16H2,1-2H3. The molecule has 1 aliphatic heterocycles. The first-order valence-corrected chi connectivity index (χ1v) is 12.1. The third-order valence-electron chi connectivity index (χ3n) is 6.38. The maximum atomic E-state index is 13.0. The van der Waals surface area contributed by atoms with E-state index in [2.05, 4.69) is 35.8 Å². The van der Waals surface area contributed by atoms with Gasteiger partial charge in [0.25, 0.3) is 0 Å². The molecule has 1 saturated heterocycles. The van der Waals surface area contributed by atoms with Gasteiger partial charge in [-0.1, -0.05) is 13.8 Å². The molecule has 1 aromatic carbocycles. The Balaban J connectivity index is 1.42. The number of piperazine rings is 1. The van der Waals surface area contributed by atoms with Gasteiger partial charge in [0, 0.05) is 37.6 Å². The molecule has 0 bridgehead atoms. The Morgan fingerprint density at radius 1 is 1.06 bits per heavy atom. The highest BCUT2D eigenvalue weighted by atomic mass is 32.1. The van der Waals surface area contributed by atoms with Gasteiger partial charge in [-0.2, -0.15) is 10.5 Å². The van der Waals surface area contributed by atoms with Gasteiger partial charge in [-0.15, -0.1) is 11.3 Å². The van der Waals surface area contributed by atoms with Crippen LogP contribution in [0, 0.1) is 34.4 Å². The van der Waals surface area contributed by atoms with Gasteiger partial charge in [-0.05, 0) is 61.0 Å². The molecule has 0 radical (unpaired) electrons. The van der Waals surface area contributed by atoms with Crippen molar-refractivity contribution in [2.45, 2.75) is 32.1 Å². The highest BCUT2D eigenvalue weighted by Gasteiger charge is 2.38. The molecule has 0 N–H and O–H groups in total. The van der Waals surface area contributed by atoms with Crippen LogP contribution in [0.25, 0.3) is 0 Å². The van der Waals surface area contributed by atoms with Gasteiger partial charge in [0.1, 0.15) is 24.2 Å². The summed E-state index contributed by atoms with van der Waals surface area (Å²) < 4.78 is 18.7. The number of hydrogen-bond acceptors (Lipinski definition) is 6. The maximum absolute atomic E-state index is 13.0. The zero-order valence-corrected chi connectivity index (χ0v) is 19.7. The van der Waals surface area contributed by atoms with Crippen LogP contribution < -0.4 is 4.74 Å². The van der Waals surface area contributed by atoms with Crippen molar-refractivity contribution < 1.29 is 9.13 Å². The van der Waals surface area contributed by atoms with Crippen molar-refractivity contribution in [1.29, 1.82) is 10.5 Å². The molecule has 1 aliphatic rings. The molecule has 2 heterocycles. The van der Waals surface area contributed by atoms with E-state index in [4.69, 9.17) is 4.74 Å². The van der Waals surface area contributed by atoms with Crippen LogP contribution in [0.3, 0.4) is 0 Å². The van der Waals surface area contributed by atoms with E-state index in [9.17, 15) is 14.9 Å². The number of nitriles is 2. The molecular weight excluding hydrogens is 423 g/mol. The van der Waals surface area contributed by atoms with E-state index >= 15 is 0 Å². The predicted octanol–water partition coefficient (Wildman–Crippen LogP) is 4.65. The van der Waals surface area contributed by atoms with Gasteiger partial charge >= 0.3 is 0 Å². The molecule has 1 atom stereocenters. The van der Waals surface area contributed by atoms with E-state index in [1.807, 2.05) is 11.4 Å². The Labute approximate surface area is 194 Å². The maximum Gasteiger partial charge on any atom is 0.123 e. The summed E-state index contributed by atoms with van der Waals surface area (Å²) in [5.41, 5.74) is 0.0420. The topological polar surface area (TPSA) is 63.3 Å². The van der Waals surface area contributed by atoms with Crippen molar-refractivity contribution >= 4 is 11.3 Å². The van der Waals surface area contributed by atoms with Gasteiger partial charge in [0.2, 0.25) is 0 Å². The molecule has 0 aliphatic carbocycles. The quantitative estimate of drug-likeness (QED) is 0.523. The monoisotopic (exact) mass is 454 g/mol. The fraction of sp³-hybridized carbons (Fsp3) is 0.520. The molecular formula is C25H31FN4OS. The smallest absolute Gasteiger partial charge is 0.123 e. The van der Waals surface area contributed by atoms with Crippen molar-refractivity contribution in [3.63, 3.8) is 0 Å². The lowest BCUT2D eigenvalue weighted by Gasteiger charge is -2.36. The van der Waals surface area contributed by atoms with Crippen LogP contribution in [0.2, 0.25) is 0 Å². The molecule has 7 heteroatoms. The zero-order chi connectivity index (χ0) is 23.0. The minimum absolute atomic E-state index is 0.149. The van der Waals surface area contributed by atoms with Crippen LogP contribution in [0.4, 0.5) is 4.39 Å². The van der Waals surface area contributed by atoms with Crippen molar-refractivity contribution in [3.8, 4) is 17.9 Å². The Morgan fingerprint density at radius 2 is 1.72 bits per heavy atom. The largest absolute Gasteiger partial charge is 0.492 e. The van der Waals surface area contributed by atoms with Crippen molar-refractivity contribution in [2.75, 3.05) is 45.9 Å². The van der Waals surface area contributed by atoms with E-state index in [-0.39, 0.29) is 11.7 Å². The van der Waals surface area contributed by atoms with Crippen LogP contribution >= 0.6 is 11.3 Å². The van der Waals surface area contributed by atoms with Gasteiger partial charge in [0.05, 0.1) is 17.0 Å². The third-order valence-corrected chi connectivity index (χ3v) is 7.47. The summed E-state index contributed by atoms with van der Waals surface area (Å²) in [5, 5.41) is 21.5. The SMILES string of the molecule is CC(C)C(C#N)(CCCN1CCN(CCOc2ccc(F)cc2)CC1)c1sccc1C#N. The molecule has 170 valence electrons. The van der Waals surface area contributed by atoms with Crippen LogP contribution in [-0.4, -0.2) is 55.7 Å². The van der Waals surface area contributed by atoms with Gasteiger partial charge in [-0.3, -0.25) is 4.90 Å². The number of halogens is 1. The van der Waals surface area contributed by atoms with Crippen LogP contribution in [-0.2, 0) is 5.41 Å². The average molecular weight is 455 g/mol. The Hall–Kier alpha value is -2.45. The van der Waals surface area contributed by atoms with E-state index in [0.29, 0.717) is 17.9 Å². The van der Waals surface area contributed by atoms with E-state index in [1.54, 1.807) is 12.1 Å². The molecule has 32 heavy (non-hydrogen) atoms. The first-order chi connectivity index (χ1) is 15.5. The van der Waals surface area contributed by atoms with Crippen molar-refractivity contribution in [1.82, 2.24) is 9.80 Å². The van der Waals surface area contributed by atoms with Crippen LogP contribution in [0.1, 0.15) is 37.1 Å². The summed E-state index contributed by atoms with van der Waals surface area (Å²) >= 11 is 1.53. The normalized spacial score (nSPS) is 16.9. The van der Waals surface area contributed by atoms with Gasteiger partial charge in [-0.25, -0.2) is 4.39 Å². The summed E-state index contributed by atoms with van der Waals surface area (Å²) in [4.78, 5) is 5.77. The van der Waals surface area contributed by atoms with Crippen LogP contribution in [0.5, 0.6) is 5.75 Å². The Kier molecular flexibility index (Phi) is 8.64. The molecule has 0 amide bonds. The second kappa shape index (κ2) is 11.4. The molecule has 1 unspecified atom stereocenters. The fourth-order valence-electron chi connectivity index (χ4n) is 4.28. The Morgan fingerprint density at radius 3 is 2.31 bits per heavy atom. The third kappa shape index (κ3) is 5.86. The fourth-order valence-corrected chi connectivity index (χ4v) is 5.46. The molecule has 1 aromatic heterocycles. The second-order valence-corrected chi connectivity index (χ2v) is 9.52. The lowest BCUT2D eigenvalue weighted by atomic mass is 9.72. The molecule has 2 aromatic rings. The average Bonchev–Trinajstić information content (AvgIpc) is 3.28. The lowest BCUT2D eigenvalue weighted by Crippen LogP contribution is -2.47. The lowest BCUT2D eigenvalue weighted by molar-refractivity contribution is 0.114. The molecule has 1 fully saturated rings. The number of thiophene rings is 1. The minimum Gasteiger partial charge on any atom is -0.492 e. The summed E-state index contributed by atoms with van der Waals surface area (Å²) in [7, 11) is 0. The predicted molar refractivity (Wildman–Crippen MR) is 125 cm³/mol. The minimum atomic E-state index is -0.598. The molecule has 0 saturated carbocycles. The zero-order valence-electron chi connectivity index (χ0n) is 18.9. The summed E-state index contributed by atoms with van der Waals surface area (Å²) in [6.45, 7) is 10.5. The number of rotatable bonds is 10. The molecule has 3 rings (SSSR count). The van der Waals surface area contributed by atoms with Crippen molar-refractivity contribution in [2.24, 2.45) is 5.92 Å². The van der Waals surface area contributed by atoms with Gasteiger partial charge in [0.15, 0.2) is 0 Å². The summed E-state index contributed by atoms with van der Waals surface area (Å²) in [6.07, 6.45) is 1.70. The summed E-state index contributed by atoms with van der Waals surface area (Å²) in [5.74, 6) is 0.590. The van der Waals surface area contributed by atoms with Gasteiger partial charge < -0.3 is 9.64 Å². The van der Waals surface area contributed by atoms with Crippen molar-refractivity contribution in [3.05, 3.63) is 52.0 Å². The number of hydrogen-bond donors (Lipinski definition) is 0. The van der Waals surface area contributed by atoms with E-state index in [0.717, 1.165) is 57.0 Å². The molecule has 5 nitrogen and oxygen atoms in total.